The molecule has 0 bridgehead atoms. The van der Waals surface area contributed by atoms with Crippen LogP contribution in [0.15, 0.2) is 48.5 Å². The lowest BCUT2D eigenvalue weighted by Gasteiger charge is -2.07. The molecule has 25 heavy (non-hydrogen) atoms. The van der Waals surface area contributed by atoms with Crippen molar-refractivity contribution in [2.75, 3.05) is 12.3 Å². The molecule has 2 aromatic rings. The average molecular weight is 401 g/mol. The van der Waals surface area contributed by atoms with Crippen LogP contribution in [0.3, 0.4) is 0 Å². The molecule has 6 nitrogen and oxygen atoms in total. The zero-order valence-electron chi connectivity index (χ0n) is 13.2. The molecule has 0 radical (unpaired) electrons. The summed E-state index contributed by atoms with van der Waals surface area (Å²) in [6.45, 7) is 0.284. The summed E-state index contributed by atoms with van der Waals surface area (Å²) in [7, 11) is -3.54. The van der Waals surface area contributed by atoms with Crippen molar-refractivity contribution in [3.8, 4) is 0 Å². The molecule has 0 aliphatic rings. The molecule has 0 aliphatic carbocycles. The molecule has 0 heterocycles. The van der Waals surface area contributed by atoms with Crippen molar-refractivity contribution in [1.82, 2.24) is 4.72 Å². The maximum absolute atomic E-state index is 12.1. The molecule has 1 N–H and O–H groups in total. The van der Waals surface area contributed by atoms with Crippen LogP contribution in [0.2, 0.25) is 5.02 Å². The summed E-state index contributed by atoms with van der Waals surface area (Å²) >= 11 is 7.64. The van der Waals surface area contributed by atoms with Gasteiger partial charge in [-0.2, -0.15) is 11.8 Å². The Morgan fingerprint density at radius 2 is 1.92 bits per heavy atom. The quantitative estimate of drug-likeness (QED) is 0.394. The van der Waals surface area contributed by atoms with E-state index in [0.29, 0.717) is 22.1 Å². The second-order valence-corrected chi connectivity index (χ2v) is 8.54. The maximum Gasteiger partial charge on any atom is 0.269 e. The van der Waals surface area contributed by atoms with Gasteiger partial charge in [-0.15, -0.1) is 0 Å². The van der Waals surface area contributed by atoms with Gasteiger partial charge in [-0.3, -0.25) is 10.1 Å². The topological polar surface area (TPSA) is 89.3 Å². The van der Waals surface area contributed by atoms with Crippen LogP contribution < -0.4 is 4.72 Å². The van der Waals surface area contributed by atoms with Gasteiger partial charge in [0.2, 0.25) is 10.0 Å². The second kappa shape index (κ2) is 9.19. The number of thioether (sulfide) groups is 1. The molecule has 0 spiro atoms. The number of non-ortho nitro benzene ring substituents is 1. The molecule has 0 amide bonds. The fraction of sp³-hybridized carbons (Fsp3) is 0.250. The lowest BCUT2D eigenvalue weighted by molar-refractivity contribution is -0.384. The number of halogens is 1. The normalized spacial score (nSPS) is 11.4. The van der Waals surface area contributed by atoms with E-state index in [4.69, 9.17) is 11.6 Å². The standard InChI is InChI=1S/C16H17ClN2O4S2/c17-16-7-2-1-5-14(16)11-24-9-8-18-25(22,23)12-13-4-3-6-15(10-13)19(20)21/h1-7,10,18H,8-9,11-12H2. The molecule has 0 unspecified atom stereocenters. The van der Waals surface area contributed by atoms with Crippen LogP contribution in [-0.4, -0.2) is 25.6 Å². The molecular formula is C16H17ClN2O4S2. The van der Waals surface area contributed by atoms with Gasteiger partial charge in [-0.1, -0.05) is 41.9 Å². The van der Waals surface area contributed by atoms with Crippen molar-refractivity contribution in [1.29, 1.82) is 0 Å². The van der Waals surface area contributed by atoms with Gasteiger partial charge < -0.3 is 0 Å². The van der Waals surface area contributed by atoms with Crippen LogP contribution in [0.5, 0.6) is 0 Å². The van der Waals surface area contributed by atoms with E-state index in [1.54, 1.807) is 17.8 Å². The van der Waals surface area contributed by atoms with Gasteiger partial charge in [0.05, 0.1) is 10.7 Å². The minimum atomic E-state index is -3.54. The van der Waals surface area contributed by atoms with Gasteiger partial charge in [-0.25, -0.2) is 13.1 Å². The summed E-state index contributed by atoms with van der Waals surface area (Å²) in [5, 5.41) is 11.4. The number of hydrogen-bond acceptors (Lipinski definition) is 5. The van der Waals surface area contributed by atoms with Gasteiger partial charge in [0, 0.05) is 35.2 Å². The van der Waals surface area contributed by atoms with Gasteiger partial charge in [0.1, 0.15) is 0 Å². The van der Waals surface area contributed by atoms with E-state index in [1.165, 1.54) is 18.2 Å². The fourth-order valence-electron chi connectivity index (χ4n) is 2.10. The van der Waals surface area contributed by atoms with Crippen molar-refractivity contribution >= 4 is 39.1 Å². The van der Waals surface area contributed by atoms with Crippen molar-refractivity contribution in [2.24, 2.45) is 0 Å². The summed E-state index contributed by atoms with van der Waals surface area (Å²) in [6.07, 6.45) is 0. The molecule has 0 saturated carbocycles. The van der Waals surface area contributed by atoms with Crippen molar-refractivity contribution in [2.45, 2.75) is 11.5 Å². The van der Waals surface area contributed by atoms with E-state index < -0.39 is 14.9 Å². The largest absolute Gasteiger partial charge is 0.269 e. The Balaban J connectivity index is 1.79. The minimum absolute atomic E-state index is 0.122. The first-order valence-electron chi connectivity index (χ1n) is 7.39. The number of sulfonamides is 1. The van der Waals surface area contributed by atoms with E-state index in [-0.39, 0.29) is 18.0 Å². The number of hydrogen-bond donors (Lipinski definition) is 1. The van der Waals surface area contributed by atoms with Gasteiger partial charge in [0.25, 0.3) is 5.69 Å². The summed E-state index contributed by atoms with van der Waals surface area (Å²) in [5.74, 6) is 1.01. The Morgan fingerprint density at radius 3 is 2.64 bits per heavy atom. The summed E-state index contributed by atoms with van der Waals surface area (Å²) < 4.78 is 26.6. The molecule has 0 aromatic heterocycles. The highest BCUT2D eigenvalue weighted by molar-refractivity contribution is 7.98. The van der Waals surface area contributed by atoms with E-state index in [0.717, 1.165) is 5.56 Å². The third kappa shape index (κ3) is 6.66. The summed E-state index contributed by atoms with van der Waals surface area (Å²) in [4.78, 5) is 10.2. The third-order valence-corrected chi connectivity index (χ3v) is 6.00. The predicted octanol–water partition coefficient (Wildman–Crippen LogP) is 3.60. The monoisotopic (exact) mass is 400 g/mol. The van der Waals surface area contributed by atoms with Crippen LogP contribution in [0, 0.1) is 10.1 Å². The Bertz CT molecular complexity index is 844. The van der Waals surface area contributed by atoms with Crippen molar-refractivity contribution in [3.63, 3.8) is 0 Å². The number of rotatable bonds is 9. The SMILES string of the molecule is O=[N+]([O-])c1cccc(CS(=O)(=O)NCCSCc2ccccc2Cl)c1. The van der Waals surface area contributed by atoms with Crippen LogP contribution in [0.4, 0.5) is 5.69 Å². The van der Waals surface area contributed by atoms with Gasteiger partial charge in [-0.05, 0) is 17.2 Å². The first kappa shape index (κ1) is 19.7. The second-order valence-electron chi connectivity index (χ2n) is 5.22. The minimum Gasteiger partial charge on any atom is -0.258 e. The van der Waals surface area contributed by atoms with E-state index in [1.807, 2.05) is 24.3 Å². The first-order chi connectivity index (χ1) is 11.9. The van der Waals surface area contributed by atoms with Gasteiger partial charge >= 0.3 is 0 Å². The third-order valence-electron chi connectivity index (χ3n) is 3.26. The molecular weight excluding hydrogens is 384 g/mol. The lowest BCUT2D eigenvalue weighted by Crippen LogP contribution is -2.27. The Hall–Kier alpha value is -1.61. The Morgan fingerprint density at radius 1 is 1.16 bits per heavy atom. The highest BCUT2D eigenvalue weighted by Crippen LogP contribution is 2.20. The number of nitro benzene ring substituents is 1. The molecule has 0 fully saturated rings. The fourth-order valence-corrected chi connectivity index (χ4v) is 4.50. The van der Waals surface area contributed by atoms with Gasteiger partial charge in [0.15, 0.2) is 0 Å². The van der Waals surface area contributed by atoms with Crippen LogP contribution in [-0.2, 0) is 21.5 Å². The molecule has 0 saturated heterocycles. The zero-order chi connectivity index (χ0) is 18.3. The number of nitrogens with zero attached hydrogens (tertiary/aromatic N) is 1. The molecule has 2 rings (SSSR count). The van der Waals surface area contributed by atoms with Crippen LogP contribution in [0.25, 0.3) is 0 Å². The predicted molar refractivity (Wildman–Crippen MR) is 101 cm³/mol. The Labute approximate surface area is 155 Å². The molecule has 0 aliphatic heterocycles. The highest BCUT2D eigenvalue weighted by Gasteiger charge is 2.13. The molecule has 9 heteroatoms. The highest BCUT2D eigenvalue weighted by atomic mass is 35.5. The van der Waals surface area contributed by atoms with Crippen molar-refractivity contribution in [3.05, 3.63) is 74.8 Å². The number of benzene rings is 2. The molecule has 134 valence electrons. The number of nitrogens with one attached hydrogen (secondary N) is 1. The maximum atomic E-state index is 12.1. The van der Waals surface area contributed by atoms with E-state index in [2.05, 4.69) is 4.72 Å². The van der Waals surface area contributed by atoms with Crippen molar-refractivity contribution < 1.29 is 13.3 Å². The van der Waals surface area contributed by atoms with E-state index in [9.17, 15) is 18.5 Å². The van der Waals surface area contributed by atoms with E-state index >= 15 is 0 Å². The molecule has 2 aromatic carbocycles. The average Bonchev–Trinajstić information content (AvgIpc) is 2.56. The smallest absolute Gasteiger partial charge is 0.258 e. The molecule has 0 atom stereocenters. The Kier molecular flexibility index (Phi) is 7.24. The summed E-state index contributed by atoms with van der Waals surface area (Å²) in [5.41, 5.74) is 1.27. The summed E-state index contributed by atoms with van der Waals surface area (Å²) in [6, 6.07) is 13.1. The van der Waals surface area contributed by atoms with Crippen LogP contribution >= 0.6 is 23.4 Å². The zero-order valence-corrected chi connectivity index (χ0v) is 15.6. The lowest BCUT2D eigenvalue weighted by atomic mass is 10.2. The first-order valence-corrected chi connectivity index (χ1v) is 10.6. The number of nitro groups is 1. The van der Waals surface area contributed by atoms with Crippen LogP contribution in [0.1, 0.15) is 11.1 Å².